The zero-order valence-electron chi connectivity index (χ0n) is 9.32. The summed E-state index contributed by atoms with van der Waals surface area (Å²) in [5, 5.41) is 21.5. The van der Waals surface area contributed by atoms with Crippen molar-refractivity contribution in [3.8, 4) is 11.5 Å². The Kier molecular flexibility index (Phi) is 3.33. The average molecular weight is 242 g/mol. The van der Waals surface area contributed by atoms with E-state index in [0.29, 0.717) is 11.3 Å². The Labute approximate surface area is 103 Å². The van der Waals surface area contributed by atoms with E-state index in [1.807, 2.05) is 0 Å². The minimum Gasteiger partial charge on any atom is -0.508 e. The van der Waals surface area contributed by atoms with Crippen molar-refractivity contribution in [1.82, 2.24) is 0 Å². The quantitative estimate of drug-likeness (QED) is 0.640. The van der Waals surface area contributed by atoms with Gasteiger partial charge in [0, 0.05) is 11.8 Å². The third-order valence-corrected chi connectivity index (χ3v) is 2.32. The number of rotatable bonds is 3. The number of phenolic OH excluding ortho intramolecular Hbond substituents is 2. The molecule has 0 unspecified atom stereocenters. The lowest BCUT2D eigenvalue weighted by atomic mass is 10.2. The Morgan fingerprint density at radius 3 is 2.28 bits per heavy atom. The van der Waals surface area contributed by atoms with Gasteiger partial charge in [0.05, 0.1) is 5.69 Å². The number of aliphatic imine (C=N–C) groups is 1. The highest BCUT2D eigenvalue weighted by molar-refractivity contribution is 5.86. The van der Waals surface area contributed by atoms with Crippen molar-refractivity contribution >= 4 is 17.6 Å². The Balaban J connectivity index is 2.27. The highest BCUT2D eigenvalue weighted by Crippen LogP contribution is 2.23. The summed E-state index contributed by atoms with van der Waals surface area (Å²) in [6.07, 6.45) is 1.43. The molecule has 0 heterocycles. The van der Waals surface area contributed by atoms with Crippen LogP contribution in [0.25, 0.3) is 0 Å². The first kappa shape index (κ1) is 11.8. The highest BCUT2D eigenvalue weighted by atomic mass is 16.3. The first-order chi connectivity index (χ1) is 8.69. The molecule has 90 valence electrons. The normalized spacial score (nSPS) is 10.7. The molecule has 0 aromatic heterocycles. The fraction of sp³-hybridized carbons (Fsp3) is 0. The summed E-state index contributed by atoms with van der Waals surface area (Å²) in [5.74, 6) is 0.175. The van der Waals surface area contributed by atoms with Gasteiger partial charge in [0.15, 0.2) is 0 Å². The summed E-state index contributed by atoms with van der Waals surface area (Å²) >= 11 is 0. The molecule has 2 N–H and O–H groups in total. The zero-order chi connectivity index (χ0) is 13.0. The molecule has 0 aliphatic heterocycles. The van der Waals surface area contributed by atoms with Gasteiger partial charge in [-0.2, -0.15) is 0 Å². The van der Waals surface area contributed by atoms with Gasteiger partial charge in [0.25, 0.3) is 0 Å². The Hall–Kier alpha value is -2.69. The fourth-order valence-electron chi connectivity index (χ4n) is 1.38. The molecule has 2 rings (SSSR count). The molecule has 0 spiro atoms. The van der Waals surface area contributed by atoms with E-state index in [1.54, 1.807) is 12.1 Å². The average Bonchev–Trinajstić information content (AvgIpc) is 2.40. The standard InChI is InChI=1S/C13H10N2O3/c16-12-4-1-10(2-5-12)14-8-9-7-11(15-18)3-6-13(9)17/h1-8,16-17H. The molecule has 0 bridgehead atoms. The van der Waals surface area contributed by atoms with Crippen LogP contribution in [0.15, 0.2) is 52.6 Å². The summed E-state index contributed by atoms with van der Waals surface area (Å²) in [6, 6.07) is 10.5. The first-order valence-corrected chi connectivity index (χ1v) is 5.18. The van der Waals surface area contributed by atoms with E-state index in [1.165, 1.54) is 36.5 Å². The second-order valence-corrected chi connectivity index (χ2v) is 3.61. The minimum absolute atomic E-state index is 0.0185. The second kappa shape index (κ2) is 5.09. The predicted molar refractivity (Wildman–Crippen MR) is 68.9 cm³/mol. The molecule has 0 atom stereocenters. The molecule has 0 saturated heterocycles. The van der Waals surface area contributed by atoms with E-state index >= 15 is 0 Å². The van der Waals surface area contributed by atoms with Crippen molar-refractivity contribution in [2.75, 3.05) is 0 Å². The van der Waals surface area contributed by atoms with Gasteiger partial charge >= 0.3 is 0 Å². The number of hydrogen-bond acceptors (Lipinski definition) is 5. The first-order valence-electron chi connectivity index (χ1n) is 5.18. The fourth-order valence-corrected chi connectivity index (χ4v) is 1.38. The Morgan fingerprint density at radius 1 is 0.944 bits per heavy atom. The maximum Gasteiger partial charge on any atom is 0.124 e. The number of aromatic hydroxyl groups is 2. The lowest BCUT2D eigenvalue weighted by Gasteiger charge is -1.99. The van der Waals surface area contributed by atoms with Crippen LogP contribution >= 0.6 is 0 Å². The summed E-state index contributed by atoms with van der Waals surface area (Å²) in [6.45, 7) is 0. The molecule has 5 heteroatoms. The molecule has 5 nitrogen and oxygen atoms in total. The van der Waals surface area contributed by atoms with Crippen LogP contribution in [0.2, 0.25) is 0 Å². The molecular weight excluding hydrogens is 232 g/mol. The van der Waals surface area contributed by atoms with Gasteiger partial charge < -0.3 is 10.2 Å². The van der Waals surface area contributed by atoms with E-state index in [-0.39, 0.29) is 17.2 Å². The molecule has 2 aromatic rings. The number of phenols is 2. The molecular formula is C13H10N2O3. The van der Waals surface area contributed by atoms with Crippen molar-refractivity contribution in [3.63, 3.8) is 0 Å². The van der Waals surface area contributed by atoms with Crippen LogP contribution in [0.1, 0.15) is 5.56 Å². The van der Waals surface area contributed by atoms with Crippen molar-refractivity contribution in [1.29, 1.82) is 0 Å². The lowest BCUT2D eigenvalue weighted by molar-refractivity contribution is 0.474. The number of benzene rings is 2. The van der Waals surface area contributed by atoms with Gasteiger partial charge in [-0.15, -0.1) is 4.91 Å². The third kappa shape index (κ3) is 2.70. The number of nitrogens with zero attached hydrogens (tertiary/aromatic N) is 2. The molecule has 0 aliphatic carbocycles. The van der Waals surface area contributed by atoms with Gasteiger partial charge in [-0.25, -0.2) is 0 Å². The van der Waals surface area contributed by atoms with E-state index in [0.717, 1.165) is 0 Å². The highest BCUT2D eigenvalue weighted by Gasteiger charge is 2.00. The number of nitroso groups, excluding NO2 is 1. The SMILES string of the molecule is O=Nc1ccc(O)c(C=Nc2ccc(O)cc2)c1. The van der Waals surface area contributed by atoms with Gasteiger partial charge in [0.1, 0.15) is 17.2 Å². The molecule has 2 aromatic carbocycles. The van der Waals surface area contributed by atoms with Crippen LogP contribution in [0.3, 0.4) is 0 Å². The maximum absolute atomic E-state index is 10.4. The van der Waals surface area contributed by atoms with Crippen LogP contribution in [-0.4, -0.2) is 16.4 Å². The summed E-state index contributed by atoms with van der Waals surface area (Å²) in [7, 11) is 0. The minimum atomic E-state index is 0.0185. The van der Waals surface area contributed by atoms with Crippen molar-refractivity contribution in [3.05, 3.63) is 52.9 Å². The van der Waals surface area contributed by atoms with E-state index < -0.39 is 0 Å². The monoisotopic (exact) mass is 242 g/mol. The van der Waals surface area contributed by atoms with E-state index in [2.05, 4.69) is 10.2 Å². The van der Waals surface area contributed by atoms with Gasteiger partial charge in [-0.05, 0) is 47.6 Å². The topological polar surface area (TPSA) is 82.2 Å². The largest absolute Gasteiger partial charge is 0.508 e. The van der Waals surface area contributed by atoms with Crippen LogP contribution in [-0.2, 0) is 0 Å². The molecule has 0 fully saturated rings. The van der Waals surface area contributed by atoms with Gasteiger partial charge in [-0.3, -0.25) is 4.99 Å². The van der Waals surface area contributed by atoms with Crippen molar-refractivity contribution in [2.45, 2.75) is 0 Å². The molecule has 0 amide bonds. The predicted octanol–water partition coefficient (Wildman–Crippen LogP) is 3.25. The molecule has 0 saturated carbocycles. The Bertz CT molecular complexity index is 592. The number of hydrogen-bond donors (Lipinski definition) is 2. The van der Waals surface area contributed by atoms with Crippen LogP contribution in [0.5, 0.6) is 11.5 Å². The lowest BCUT2D eigenvalue weighted by Crippen LogP contribution is -1.81. The summed E-state index contributed by atoms with van der Waals surface area (Å²) in [5.41, 5.74) is 1.25. The zero-order valence-corrected chi connectivity index (χ0v) is 9.32. The second-order valence-electron chi connectivity index (χ2n) is 3.61. The van der Waals surface area contributed by atoms with Gasteiger partial charge in [-0.1, -0.05) is 0 Å². The van der Waals surface area contributed by atoms with Gasteiger partial charge in [0.2, 0.25) is 0 Å². The van der Waals surface area contributed by atoms with E-state index in [9.17, 15) is 10.0 Å². The smallest absolute Gasteiger partial charge is 0.124 e. The van der Waals surface area contributed by atoms with Crippen molar-refractivity contribution < 1.29 is 10.2 Å². The molecule has 18 heavy (non-hydrogen) atoms. The van der Waals surface area contributed by atoms with Crippen molar-refractivity contribution in [2.24, 2.45) is 10.2 Å². The summed E-state index contributed by atoms with van der Waals surface area (Å²) in [4.78, 5) is 14.5. The Morgan fingerprint density at radius 2 is 1.61 bits per heavy atom. The maximum atomic E-state index is 10.4. The summed E-state index contributed by atoms with van der Waals surface area (Å²) < 4.78 is 0. The molecule has 0 radical (unpaired) electrons. The van der Waals surface area contributed by atoms with Crippen LogP contribution < -0.4 is 0 Å². The van der Waals surface area contributed by atoms with Crippen LogP contribution in [0.4, 0.5) is 11.4 Å². The van der Waals surface area contributed by atoms with E-state index in [4.69, 9.17) is 5.11 Å². The third-order valence-electron chi connectivity index (χ3n) is 2.32. The molecule has 0 aliphatic rings. The van der Waals surface area contributed by atoms with Crippen LogP contribution in [0, 0.1) is 4.91 Å².